The lowest BCUT2D eigenvalue weighted by molar-refractivity contribution is -0.160. The standard InChI is InChI=1S/C32H40FN3O5/c1-21-27(29(30(37)38)41-31(2,3)4)28(36-15-13-32(5,6)14-16-36)25(20-34-21)22-7-12-26(35-19-22)40-18-17-39-24-10-8-23(33)9-11-24/h7-12,19-20,29H,13-18H2,1-6H3,(H,37,38)/t29-/m0/s1. The third kappa shape index (κ3) is 7.94. The Kier molecular flexibility index (Phi) is 9.17. The number of rotatable bonds is 10. The molecule has 0 amide bonds. The molecule has 220 valence electrons. The summed E-state index contributed by atoms with van der Waals surface area (Å²) in [5.74, 6) is -0.381. The molecule has 41 heavy (non-hydrogen) atoms. The van der Waals surface area contributed by atoms with Gasteiger partial charge in [0.05, 0.1) is 11.3 Å². The molecule has 3 heterocycles. The Morgan fingerprint density at radius 3 is 2.27 bits per heavy atom. The number of pyridine rings is 2. The Hall–Kier alpha value is -3.72. The van der Waals surface area contributed by atoms with Gasteiger partial charge < -0.3 is 24.2 Å². The van der Waals surface area contributed by atoms with Gasteiger partial charge in [-0.1, -0.05) is 13.8 Å². The Bertz CT molecular complexity index is 1330. The van der Waals surface area contributed by atoms with Crippen molar-refractivity contribution in [2.75, 3.05) is 31.2 Å². The fourth-order valence-corrected chi connectivity index (χ4v) is 4.86. The van der Waals surface area contributed by atoms with Crippen LogP contribution in [0.3, 0.4) is 0 Å². The molecule has 0 spiro atoms. The third-order valence-corrected chi connectivity index (χ3v) is 7.14. The first-order valence-electron chi connectivity index (χ1n) is 14.0. The summed E-state index contributed by atoms with van der Waals surface area (Å²) < 4.78 is 30.5. The molecule has 0 saturated carbocycles. The monoisotopic (exact) mass is 565 g/mol. The van der Waals surface area contributed by atoms with Gasteiger partial charge in [0.1, 0.15) is 24.8 Å². The SMILES string of the molecule is Cc1ncc(-c2ccc(OCCOc3ccc(F)cc3)nc2)c(N2CCC(C)(C)CC2)c1[C@H](OC(C)(C)C)C(=O)O. The molecule has 0 unspecified atom stereocenters. The second-order valence-corrected chi connectivity index (χ2v) is 12.2. The van der Waals surface area contributed by atoms with E-state index in [0.717, 1.165) is 42.7 Å². The summed E-state index contributed by atoms with van der Waals surface area (Å²) in [5.41, 5.74) is 3.16. The molecular weight excluding hydrogens is 525 g/mol. The van der Waals surface area contributed by atoms with Gasteiger partial charge in [0.15, 0.2) is 6.10 Å². The first-order valence-corrected chi connectivity index (χ1v) is 14.0. The summed E-state index contributed by atoms with van der Waals surface area (Å²) in [4.78, 5) is 23.9. The number of hydrogen-bond acceptors (Lipinski definition) is 7. The zero-order valence-electron chi connectivity index (χ0n) is 24.7. The lowest BCUT2D eigenvalue weighted by atomic mass is 9.82. The minimum atomic E-state index is -1.18. The number of aryl methyl sites for hydroxylation is 1. The van der Waals surface area contributed by atoms with Crippen molar-refractivity contribution < 1.29 is 28.5 Å². The molecule has 8 nitrogen and oxygen atoms in total. The van der Waals surface area contributed by atoms with Crippen molar-refractivity contribution in [2.45, 2.75) is 66.1 Å². The van der Waals surface area contributed by atoms with Crippen LogP contribution in [0.2, 0.25) is 0 Å². The summed E-state index contributed by atoms with van der Waals surface area (Å²) in [6.07, 6.45) is 4.29. The normalized spacial score (nSPS) is 15.8. The van der Waals surface area contributed by atoms with Gasteiger partial charge in [-0.2, -0.15) is 0 Å². The summed E-state index contributed by atoms with van der Waals surface area (Å²) in [6, 6.07) is 9.49. The van der Waals surface area contributed by atoms with Crippen molar-refractivity contribution in [3.63, 3.8) is 0 Å². The zero-order valence-corrected chi connectivity index (χ0v) is 24.7. The van der Waals surface area contributed by atoms with Crippen molar-refractivity contribution in [3.05, 3.63) is 65.9 Å². The number of aromatic nitrogens is 2. The Labute approximate surface area is 241 Å². The molecule has 0 aliphatic carbocycles. The zero-order chi connectivity index (χ0) is 29.8. The molecular formula is C32H40FN3O5. The summed E-state index contributed by atoms with van der Waals surface area (Å²) in [5, 5.41) is 10.3. The van der Waals surface area contributed by atoms with E-state index in [9.17, 15) is 14.3 Å². The molecule has 1 atom stereocenters. The Balaban J connectivity index is 1.61. The van der Waals surface area contributed by atoms with Crippen LogP contribution in [-0.4, -0.2) is 52.9 Å². The average molecular weight is 566 g/mol. The van der Waals surface area contributed by atoms with Crippen molar-refractivity contribution in [3.8, 4) is 22.8 Å². The van der Waals surface area contributed by atoms with Crippen molar-refractivity contribution >= 4 is 11.7 Å². The van der Waals surface area contributed by atoms with Gasteiger partial charge in [0, 0.05) is 53.9 Å². The topological polar surface area (TPSA) is 94.0 Å². The van der Waals surface area contributed by atoms with Crippen LogP contribution in [0, 0.1) is 18.2 Å². The highest BCUT2D eigenvalue weighted by atomic mass is 19.1. The highest BCUT2D eigenvalue weighted by Gasteiger charge is 2.35. The molecule has 1 fully saturated rings. The first-order chi connectivity index (χ1) is 19.3. The number of halogens is 1. The summed E-state index contributed by atoms with van der Waals surface area (Å²) in [6.45, 7) is 14.0. The van der Waals surface area contributed by atoms with E-state index in [1.807, 2.05) is 33.8 Å². The molecule has 1 aliphatic heterocycles. The number of carboxylic acids is 1. The number of ether oxygens (including phenoxy) is 3. The van der Waals surface area contributed by atoms with Crippen LogP contribution in [0.5, 0.6) is 11.6 Å². The maximum Gasteiger partial charge on any atom is 0.337 e. The van der Waals surface area contributed by atoms with Gasteiger partial charge in [-0.05, 0) is 76.3 Å². The van der Waals surface area contributed by atoms with E-state index in [2.05, 4.69) is 28.7 Å². The molecule has 0 bridgehead atoms. The number of carbonyl (C=O) groups is 1. The second kappa shape index (κ2) is 12.4. The smallest absolute Gasteiger partial charge is 0.337 e. The van der Waals surface area contributed by atoms with Gasteiger partial charge in [0.25, 0.3) is 0 Å². The largest absolute Gasteiger partial charge is 0.490 e. The van der Waals surface area contributed by atoms with Crippen LogP contribution >= 0.6 is 0 Å². The predicted molar refractivity (Wildman–Crippen MR) is 156 cm³/mol. The minimum Gasteiger partial charge on any atom is -0.490 e. The Morgan fingerprint density at radius 2 is 1.68 bits per heavy atom. The number of hydrogen-bond donors (Lipinski definition) is 1. The van der Waals surface area contributed by atoms with E-state index in [4.69, 9.17) is 14.2 Å². The molecule has 1 aliphatic rings. The van der Waals surface area contributed by atoms with Gasteiger partial charge in [-0.25, -0.2) is 14.2 Å². The van der Waals surface area contributed by atoms with E-state index < -0.39 is 17.7 Å². The van der Waals surface area contributed by atoms with Crippen LogP contribution in [-0.2, 0) is 9.53 Å². The fraction of sp³-hybridized carbons (Fsp3) is 0.469. The van der Waals surface area contributed by atoms with Crippen LogP contribution in [0.1, 0.15) is 64.8 Å². The lowest BCUT2D eigenvalue weighted by Gasteiger charge is -2.40. The Morgan fingerprint density at radius 1 is 1.02 bits per heavy atom. The van der Waals surface area contributed by atoms with Crippen molar-refractivity contribution in [1.82, 2.24) is 9.97 Å². The minimum absolute atomic E-state index is 0.216. The molecule has 1 N–H and O–H groups in total. The molecule has 0 radical (unpaired) electrons. The fourth-order valence-electron chi connectivity index (χ4n) is 4.86. The molecule has 3 aromatic rings. The molecule has 4 rings (SSSR count). The lowest BCUT2D eigenvalue weighted by Crippen LogP contribution is -2.39. The predicted octanol–water partition coefficient (Wildman–Crippen LogP) is 6.62. The van der Waals surface area contributed by atoms with E-state index in [1.54, 1.807) is 30.6 Å². The highest BCUT2D eigenvalue weighted by Crippen LogP contribution is 2.43. The van der Waals surface area contributed by atoms with Crippen molar-refractivity contribution in [2.24, 2.45) is 5.41 Å². The molecule has 2 aromatic heterocycles. The third-order valence-electron chi connectivity index (χ3n) is 7.14. The quantitative estimate of drug-likeness (QED) is 0.274. The number of carboxylic acid groups (broad SMARTS) is 1. The number of aliphatic carboxylic acids is 1. The second-order valence-electron chi connectivity index (χ2n) is 12.2. The van der Waals surface area contributed by atoms with E-state index in [-0.39, 0.29) is 24.4 Å². The van der Waals surface area contributed by atoms with Gasteiger partial charge in [-0.15, -0.1) is 0 Å². The van der Waals surface area contributed by atoms with Crippen molar-refractivity contribution in [1.29, 1.82) is 0 Å². The van der Waals surface area contributed by atoms with Crippen LogP contribution < -0.4 is 14.4 Å². The molecule has 9 heteroatoms. The number of nitrogens with zero attached hydrogens (tertiary/aromatic N) is 3. The number of benzene rings is 1. The average Bonchev–Trinajstić information content (AvgIpc) is 2.91. The maximum absolute atomic E-state index is 13.1. The van der Waals surface area contributed by atoms with E-state index in [1.165, 1.54) is 12.1 Å². The van der Waals surface area contributed by atoms with E-state index >= 15 is 0 Å². The maximum atomic E-state index is 13.1. The summed E-state index contributed by atoms with van der Waals surface area (Å²) in [7, 11) is 0. The van der Waals surface area contributed by atoms with Gasteiger partial charge in [-0.3, -0.25) is 4.98 Å². The van der Waals surface area contributed by atoms with Crippen LogP contribution in [0.25, 0.3) is 11.1 Å². The first kappa shape index (κ1) is 30.2. The molecule has 1 aromatic carbocycles. The number of piperidine rings is 1. The van der Waals surface area contributed by atoms with E-state index in [0.29, 0.717) is 22.9 Å². The molecule has 1 saturated heterocycles. The van der Waals surface area contributed by atoms with Gasteiger partial charge in [0.2, 0.25) is 5.88 Å². The van der Waals surface area contributed by atoms with Crippen LogP contribution in [0.15, 0.2) is 48.8 Å². The van der Waals surface area contributed by atoms with Gasteiger partial charge >= 0.3 is 5.97 Å². The highest BCUT2D eigenvalue weighted by molar-refractivity contribution is 5.86. The van der Waals surface area contributed by atoms with Crippen LogP contribution in [0.4, 0.5) is 10.1 Å². The summed E-state index contributed by atoms with van der Waals surface area (Å²) >= 11 is 0. The number of anilines is 1.